The van der Waals surface area contributed by atoms with E-state index >= 15 is 0 Å². The first-order valence-corrected chi connectivity index (χ1v) is 7.30. The van der Waals surface area contributed by atoms with Gasteiger partial charge in [0.25, 0.3) is 0 Å². The molecule has 1 aliphatic rings. The molecule has 6 heteroatoms. The van der Waals surface area contributed by atoms with E-state index in [0.29, 0.717) is 19.3 Å². The van der Waals surface area contributed by atoms with Gasteiger partial charge in [0.1, 0.15) is 17.4 Å². The van der Waals surface area contributed by atoms with Crippen molar-refractivity contribution < 1.29 is 23.9 Å². The van der Waals surface area contributed by atoms with E-state index in [2.05, 4.69) is 0 Å². The van der Waals surface area contributed by atoms with Crippen LogP contribution in [0, 0.1) is 0 Å². The van der Waals surface area contributed by atoms with E-state index in [1.807, 2.05) is 0 Å². The molecule has 2 atom stereocenters. The number of carbonyl (C=O) groups is 3. The molecule has 0 spiro atoms. The molecule has 1 aliphatic heterocycles. The van der Waals surface area contributed by atoms with Gasteiger partial charge in [-0.1, -0.05) is 6.92 Å². The zero-order valence-electron chi connectivity index (χ0n) is 13.5. The fraction of sp³-hybridized carbons (Fsp3) is 0.800. The van der Waals surface area contributed by atoms with Gasteiger partial charge in [-0.25, -0.2) is 9.59 Å². The van der Waals surface area contributed by atoms with Crippen molar-refractivity contribution in [1.29, 1.82) is 0 Å². The zero-order chi connectivity index (χ0) is 16.2. The maximum absolute atomic E-state index is 12.4. The normalized spacial score (nSPS) is 22.0. The van der Waals surface area contributed by atoms with Crippen LogP contribution in [0.3, 0.4) is 0 Å². The topological polar surface area (TPSA) is 72.9 Å². The Hall–Kier alpha value is -1.59. The van der Waals surface area contributed by atoms with Gasteiger partial charge < -0.3 is 9.47 Å². The number of hydrogen-bond donors (Lipinski definition) is 0. The molecule has 1 saturated heterocycles. The van der Waals surface area contributed by atoms with Crippen LogP contribution in [0.1, 0.15) is 53.4 Å². The van der Waals surface area contributed by atoms with Crippen molar-refractivity contribution in [3.8, 4) is 0 Å². The van der Waals surface area contributed by atoms with Gasteiger partial charge in [-0.2, -0.15) is 0 Å². The van der Waals surface area contributed by atoms with E-state index in [4.69, 9.17) is 9.47 Å². The lowest BCUT2D eigenvalue weighted by Crippen LogP contribution is -2.48. The van der Waals surface area contributed by atoms with Gasteiger partial charge in [-0.3, -0.25) is 9.69 Å². The van der Waals surface area contributed by atoms with Gasteiger partial charge in [0.05, 0.1) is 7.11 Å². The molecule has 1 heterocycles. The minimum atomic E-state index is -0.667. The Morgan fingerprint density at radius 3 is 2.29 bits per heavy atom. The summed E-state index contributed by atoms with van der Waals surface area (Å²) in [6.45, 7) is 7.08. The van der Waals surface area contributed by atoms with Crippen LogP contribution in [0.5, 0.6) is 0 Å². The summed E-state index contributed by atoms with van der Waals surface area (Å²) in [5.74, 6) is -0.397. The van der Waals surface area contributed by atoms with Gasteiger partial charge in [0.2, 0.25) is 0 Å². The summed E-state index contributed by atoms with van der Waals surface area (Å²) < 4.78 is 10.1. The van der Waals surface area contributed by atoms with E-state index < -0.39 is 23.7 Å². The maximum atomic E-state index is 12.4. The van der Waals surface area contributed by atoms with E-state index in [1.165, 1.54) is 12.0 Å². The van der Waals surface area contributed by atoms with E-state index in [0.717, 1.165) is 0 Å². The fourth-order valence-electron chi connectivity index (χ4n) is 2.45. The zero-order valence-corrected chi connectivity index (χ0v) is 13.5. The average molecular weight is 299 g/mol. The molecule has 0 radical (unpaired) electrons. The average Bonchev–Trinajstić information content (AvgIpc) is 2.79. The van der Waals surface area contributed by atoms with Crippen LogP contribution in [0.4, 0.5) is 4.79 Å². The van der Waals surface area contributed by atoms with Crippen LogP contribution in [0.15, 0.2) is 0 Å². The van der Waals surface area contributed by atoms with Crippen LogP contribution in [0.2, 0.25) is 0 Å². The molecule has 0 unspecified atom stereocenters. The third-order valence-corrected chi connectivity index (χ3v) is 3.44. The van der Waals surface area contributed by atoms with Crippen LogP contribution < -0.4 is 0 Å². The third kappa shape index (κ3) is 4.72. The number of ether oxygens (including phenoxy) is 2. The molecule has 1 rings (SSSR count). The Bertz CT molecular complexity index is 413. The first kappa shape index (κ1) is 17.5. The third-order valence-electron chi connectivity index (χ3n) is 3.44. The summed E-state index contributed by atoms with van der Waals surface area (Å²) in [5, 5.41) is 0. The number of likely N-dealkylation sites (tertiary alicyclic amines) is 1. The van der Waals surface area contributed by atoms with Crippen LogP contribution >= 0.6 is 0 Å². The Kier molecular flexibility index (Phi) is 5.75. The summed E-state index contributed by atoms with van der Waals surface area (Å²) >= 11 is 0. The molecule has 6 nitrogen and oxygen atoms in total. The second kappa shape index (κ2) is 6.91. The minimum absolute atomic E-state index is 0.0686. The first-order chi connectivity index (χ1) is 9.69. The van der Waals surface area contributed by atoms with Crippen LogP contribution in [0.25, 0.3) is 0 Å². The van der Waals surface area contributed by atoms with Gasteiger partial charge >= 0.3 is 12.1 Å². The number of methoxy groups -OCH3 is 1. The van der Waals surface area contributed by atoms with Gasteiger partial charge in [0, 0.05) is 18.9 Å². The molecule has 0 N–H and O–H groups in total. The largest absolute Gasteiger partial charge is 0.467 e. The van der Waals surface area contributed by atoms with Crippen molar-refractivity contribution in [3.63, 3.8) is 0 Å². The van der Waals surface area contributed by atoms with E-state index in [1.54, 1.807) is 27.7 Å². The Balaban J connectivity index is 2.92. The van der Waals surface area contributed by atoms with E-state index in [9.17, 15) is 14.4 Å². The standard InChI is InChI=1S/C15H25NO5/c1-6-11(17)9-10-7-8-12(13(18)20-5)16(10)14(19)21-15(2,3)4/h10,12H,6-9H2,1-5H3/t10-,12-/m0/s1. The van der Waals surface area contributed by atoms with Gasteiger partial charge in [0.15, 0.2) is 0 Å². The summed E-state index contributed by atoms with van der Waals surface area (Å²) in [4.78, 5) is 37.2. The molecule has 120 valence electrons. The van der Waals surface area contributed by atoms with Gasteiger partial charge in [-0.15, -0.1) is 0 Å². The van der Waals surface area contributed by atoms with Crippen molar-refractivity contribution in [2.75, 3.05) is 7.11 Å². The van der Waals surface area contributed by atoms with Crippen molar-refractivity contribution in [3.05, 3.63) is 0 Å². The van der Waals surface area contributed by atoms with E-state index in [-0.39, 0.29) is 18.2 Å². The highest BCUT2D eigenvalue weighted by atomic mass is 16.6. The Labute approximate surface area is 125 Å². The lowest BCUT2D eigenvalue weighted by molar-refractivity contribution is -0.146. The quantitative estimate of drug-likeness (QED) is 0.745. The summed E-state index contributed by atoms with van der Waals surface area (Å²) in [7, 11) is 1.29. The van der Waals surface area contributed by atoms with Crippen molar-refractivity contribution in [1.82, 2.24) is 4.90 Å². The number of nitrogens with zero attached hydrogens (tertiary/aromatic N) is 1. The molecular formula is C15H25NO5. The number of ketones is 1. The number of hydrogen-bond acceptors (Lipinski definition) is 5. The van der Waals surface area contributed by atoms with Crippen LogP contribution in [-0.2, 0) is 19.1 Å². The molecule has 1 fully saturated rings. The Morgan fingerprint density at radius 1 is 1.19 bits per heavy atom. The monoisotopic (exact) mass is 299 g/mol. The molecule has 0 aliphatic carbocycles. The van der Waals surface area contributed by atoms with Crippen LogP contribution in [-0.4, -0.2) is 47.5 Å². The highest BCUT2D eigenvalue weighted by Crippen LogP contribution is 2.29. The second-order valence-corrected chi connectivity index (χ2v) is 6.25. The van der Waals surface area contributed by atoms with Gasteiger partial charge in [-0.05, 0) is 33.6 Å². The second-order valence-electron chi connectivity index (χ2n) is 6.25. The van der Waals surface area contributed by atoms with Crippen molar-refractivity contribution in [2.45, 2.75) is 71.1 Å². The number of amides is 1. The minimum Gasteiger partial charge on any atom is -0.467 e. The highest BCUT2D eigenvalue weighted by molar-refractivity contribution is 5.84. The first-order valence-electron chi connectivity index (χ1n) is 7.30. The smallest absolute Gasteiger partial charge is 0.411 e. The molecule has 0 aromatic heterocycles. The lowest BCUT2D eigenvalue weighted by Gasteiger charge is -2.31. The molecule has 0 bridgehead atoms. The molecule has 1 amide bonds. The molecule has 0 aromatic carbocycles. The molecule has 21 heavy (non-hydrogen) atoms. The SMILES string of the molecule is CCC(=O)C[C@@H]1CC[C@@H](C(=O)OC)N1C(=O)OC(C)(C)C. The molecule has 0 aromatic rings. The summed E-state index contributed by atoms with van der Waals surface area (Å²) in [5.41, 5.74) is -0.653. The lowest BCUT2D eigenvalue weighted by atomic mass is 10.1. The summed E-state index contributed by atoms with van der Waals surface area (Å²) in [6, 6.07) is -0.962. The molecule has 0 saturated carbocycles. The predicted molar refractivity (Wildman–Crippen MR) is 76.8 cm³/mol. The van der Waals surface area contributed by atoms with Crippen molar-refractivity contribution >= 4 is 17.8 Å². The predicted octanol–water partition coefficient (Wildman–Crippen LogP) is 2.30. The maximum Gasteiger partial charge on any atom is 0.411 e. The highest BCUT2D eigenvalue weighted by Gasteiger charge is 2.43. The number of esters is 1. The fourth-order valence-corrected chi connectivity index (χ4v) is 2.45. The Morgan fingerprint density at radius 2 is 1.81 bits per heavy atom. The number of carbonyl (C=O) groups excluding carboxylic acids is 3. The number of rotatable bonds is 4. The summed E-state index contributed by atoms with van der Waals surface area (Å²) in [6.07, 6.45) is 1.20. The number of Topliss-reactive ketones (excluding diaryl/α,β-unsaturated/α-hetero) is 1. The van der Waals surface area contributed by atoms with Crippen molar-refractivity contribution in [2.24, 2.45) is 0 Å². The molecular weight excluding hydrogens is 274 g/mol.